The van der Waals surface area contributed by atoms with Crippen LogP contribution in [0.3, 0.4) is 0 Å². The predicted molar refractivity (Wildman–Crippen MR) is 116 cm³/mol. The first-order chi connectivity index (χ1) is 16.5. The maximum atomic E-state index is 12.6. The maximum Gasteiger partial charge on any atom is 0.397 e. The third-order valence-electron chi connectivity index (χ3n) is 5.24. The van der Waals surface area contributed by atoms with Crippen molar-refractivity contribution in [3.8, 4) is 28.6 Å². The van der Waals surface area contributed by atoms with Gasteiger partial charge >= 0.3 is 10.4 Å². The van der Waals surface area contributed by atoms with Gasteiger partial charge in [-0.3, -0.25) is 9.35 Å². The van der Waals surface area contributed by atoms with E-state index in [1.54, 1.807) is 0 Å². The average molecular weight is 512 g/mol. The van der Waals surface area contributed by atoms with Crippen molar-refractivity contribution in [3.63, 3.8) is 0 Å². The summed E-state index contributed by atoms with van der Waals surface area (Å²) in [7, 11) is -5.14. The Morgan fingerprint density at radius 3 is 2.31 bits per heavy atom. The average Bonchev–Trinajstić information content (AvgIpc) is 2.78. The summed E-state index contributed by atoms with van der Waals surface area (Å²) in [4.78, 5) is 12.6. The lowest BCUT2D eigenvalue weighted by Crippen LogP contribution is -2.61. The zero-order valence-electron chi connectivity index (χ0n) is 17.6. The molecule has 3 aromatic rings. The molecule has 5 atom stereocenters. The minimum absolute atomic E-state index is 0.00662. The summed E-state index contributed by atoms with van der Waals surface area (Å²) in [6.45, 7) is -0.787. The first-order valence-corrected chi connectivity index (χ1v) is 11.4. The van der Waals surface area contributed by atoms with Crippen molar-refractivity contribution >= 4 is 21.4 Å². The SMILES string of the molecule is O=c1cc(-c2ccc(O)cc2)oc2cc(O[C@@H]3O[C@H](CO)[C@@H](O)[C@H](O)[C@H]3OS(=O)(=O)O)cc(O)c12. The Morgan fingerprint density at radius 2 is 1.69 bits per heavy atom. The number of hydrogen-bond donors (Lipinski definition) is 6. The van der Waals surface area contributed by atoms with Gasteiger partial charge in [-0.1, -0.05) is 0 Å². The molecule has 1 aliphatic heterocycles. The summed E-state index contributed by atoms with van der Waals surface area (Å²) < 4.78 is 52.4. The predicted octanol–water partition coefficient (Wildman–Crippen LogP) is -0.123. The van der Waals surface area contributed by atoms with Gasteiger partial charge in [0, 0.05) is 23.8 Å². The van der Waals surface area contributed by atoms with Gasteiger partial charge in [-0.25, -0.2) is 4.18 Å². The molecule has 0 aliphatic carbocycles. The third-order valence-corrected chi connectivity index (χ3v) is 5.71. The van der Waals surface area contributed by atoms with Crippen LogP contribution >= 0.6 is 0 Å². The maximum absolute atomic E-state index is 12.6. The largest absolute Gasteiger partial charge is 0.508 e. The molecule has 0 unspecified atom stereocenters. The number of rotatable bonds is 6. The standard InChI is InChI=1S/C21H20O13S/c22-8-16-18(26)19(27)20(34-35(28,29)30)21(33-16)31-11-5-12(24)17-13(25)7-14(32-15(17)6-11)9-1-3-10(23)4-2-9/h1-7,16,18-24,26-27H,8H2,(H,28,29,30)/t16-,18-,19+,20-,21-/m1/s1. The fraction of sp³-hybridized carbons (Fsp3) is 0.286. The Kier molecular flexibility index (Phi) is 6.70. The fourth-order valence-corrected chi connectivity index (χ4v) is 4.09. The second-order valence-corrected chi connectivity index (χ2v) is 8.70. The van der Waals surface area contributed by atoms with Gasteiger partial charge in [0.25, 0.3) is 0 Å². The highest BCUT2D eigenvalue weighted by atomic mass is 32.3. The van der Waals surface area contributed by atoms with Crippen molar-refractivity contribution in [3.05, 3.63) is 52.7 Å². The summed E-state index contributed by atoms with van der Waals surface area (Å²) in [5.41, 5.74) is -0.301. The molecule has 1 aliphatic rings. The highest BCUT2D eigenvalue weighted by Crippen LogP contribution is 2.34. The van der Waals surface area contributed by atoms with E-state index < -0.39 is 58.9 Å². The fourth-order valence-electron chi connectivity index (χ4n) is 3.61. The number of aliphatic hydroxyl groups excluding tert-OH is 3. The number of phenolic OH excluding ortho intramolecular Hbond substituents is 2. The van der Waals surface area contributed by atoms with Gasteiger partial charge < -0.3 is 39.4 Å². The lowest BCUT2D eigenvalue weighted by Gasteiger charge is -2.40. The molecule has 0 bridgehead atoms. The van der Waals surface area contributed by atoms with Gasteiger partial charge in [-0.05, 0) is 24.3 Å². The summed E-state index contributed by atoms with van der Waals surface area (Å²) in [5.74, 6) is -0.714. The number of hydrogen-bond acceptors (Lipinski definition) is 12. The molecule has 35 heavy (non-hydrogen) atoms. The van der Waals surface area contributed by atoms with Gasteiger partial charge in [-0.2, -0.15) is 8.42 Å². The van der Waals surface area contributed by atoms with E-state index in [-0.39, 0.29) is 28.2 Å². The van der Waals surface area contributed by atoms with E-state index in [2.05, 4.69) is 4.18 Å². The van der Waals surface area contributed by atoms with E-state index in [9.17, 15) is 38.7 Å². The molecule has 0 amide bonds. The minimum Gasteiger partial charge on any atom is -0.508 e. The second kappa shape index (κ2) is 9.43. The Bertz CT molecular complexity index is 1380. The molecule has 1 aromatic heterocycles. The molecule has 6 N–H and O–H groups in total. The molecule has 2 heterocycles. The topological polar surface area (TPSA) is 213 Å². The first-order valence-electron chi connectivity index (χ1n) is 10.0. The van der Waals surface area contributed by atoms with Crippen LogP contribution in [0.15, 0.2) is 51.7 Å². The minimum atomic E-state index is -5.14. The monoisotopic (exact) mass is 512 g/mol. The van der Waals surface area contributed by atoms with E-state index >= 15 is 0 Å². The van der Waals surface area contributed by atoms with Crippen LogP contribution in [0.4, 0.5) is 0 Å². The molecular weight excluding hydrogens is 492 g/mol. The molecule has 2 aromatic carbocycles. The lowest BCUT2D eigenvalue weighted by atomic mass is 9.99. The first kappa shape index (κ1) is 24.9. The molecule has 0 radical (unpaired) electrons. The number of phenols is 2. The molecule has 188 valence electrons. The van der Waals surface area contributed by atoms with Crippen LogP contribution in [0, 0.1) is 0 Å². The van der Waals surface area contributed by atoms with E-state index in [0.29, 0.717) is 5.56 Å². The van der Waals surface area contributed by atoms with E-state index in [1.807, 2.05) is 0 Å². The molecule has 0 saturated carbocycles. The number of fused-ring (bicyclic) bond motifs is 1. The smallest absolute Gasteiger partial charge is 0.397 e. The van der Waals surface area contributed by atoms with Crippen LogP contribution < -0.4 is 10.2 Å². The summed E-state index contributed by atoms with van der Waals surface area (Å²) in [5, 5.41) is 49.3. The van der Waals surface area contributed by atoms with E-state index in [1.165, 1.54) is 30.3 Å². The van der Waals surface area contributed by atoms with Crippen LogP contribution in [0.2, 0.25) is 0 Å². The Labute approximate surface area is 196 Å². The Morgan fingerprint density at radius 1 is 1.00 bits per heavy atom. The molecular formula is C21H20O13S. The Balaban J connectivity index is 1.73. The van der Waals surface area contributed by atoms with Gasteiger partial charge in [0.05, 0.1) is 6.61 Å². The summed E-state index contributed by atoms with van der Waals surface area (Å²) in [6.07, 6.45) is -8.96. The molecule has 1 fully saturated rings. The molecule has 14 heteroatoms. The Hall–Kier alpha value is -3.24. The lowest BCUT2D eigenvalue weighted by molar-refractivity contribution is -0.271. The number of aromatic hydroxyl groups is 2. The highest BCUT2D eigenvalue weighted by Gasteiger charge is 2.48. The molecule has 13 nitrogen and oxygen atoms in total. The second-order valence-electron chi connectivity index (χ2n) is 7.65. The van der Waals surface area contributed by atoms with Crippen LogP contribution in [0.5, 0.6) is 17.2 Å². The van der Waals surface area contributed by atoms with E-state index in [0.717, 1.165) is 12.1 Å². The summed E-state index contributed by atoms with van der Waals surface area (Å²) in [6, 6.07) is 9.04. The van der Waals surface area contributed by atoms with Gasteiger partial charge in [0.1, 0.15) is 52.3 Å². The summed E-state index contributed by atoms with van der Waals surface area (Å²) >= 11 is 0. The number of ether oxygens (including phenoxy) is 2. The number of aliphatic hydroxyl groups is 3. The molecule has 0 spiro atoms. The highest BCUT2D eigenvalue weighted by molar-refractivity contribution is 7.80. The zero-order valence-corrected chi connectivity index (χ0v) is 18.4. The van der Waals surface area contributed by atoms with Gasteiger partial charge in [0.15, 0.2) is 11.5 Å². The van der Waals surface area contributed by atoms with Crippen LogP contribution in [-0.2, 0) is 19.3 Å². The molecule has 1 saturated heterocycles. The van der Waals surface area contributed by atoms with Crippen molar-refractivity contribution < 1.29 is 56.6 Å². The van der Waals surface area contributed by atoms with Crippen molar-refractivity contribution in [2.45, 2.75) is 30.7 Å². The van der Waals surface area contributed by atoms with Crippen molar-refractivity contribution in [2.75, 3.05) is 6.61 Å². The number of benzene rings is 2. The van der Waals surface area contributed by atoms with Crippen LogP contribution in [-0.4, -0.2) is 75.8 Å². The van der Waals surface area contributed by atoms with Gasteiger partial charge in [0.2, 0.25) is 6.29 Å². The van der Waals surface area contributed by atoms with Crippen LogP contribution in [0.1, 0.15) is 0 Å². The quantitative estimate of drug-likeness (QED) is 0.238. The normalized spacial score (nSPS) is 25.0. The molecule has 4 rings (SSSR count). The van der Waals surface area contributed by atoms with Crippen molar-refractivity contribution in [2.24, 2.45) is 0 Å². The zero-order chi connectivity index (χ0) is 25.5. The van der Waals surface area contributed by atoms with Crippen molar-refractivity contribution in [1.29, 1.82) is 0 Å². The van der Waals surface area contributed by atoms with Crippen LogP contribution in [0.25, 0.3) is 22.3 Å². The van der Waals surface area contributed by atoms with E-state index in [4.69, 9.17) is 18.4 Å². The third kappa shape index (κ3) is 5.23. The van der Waals surface area contributed by atoms with Crippen molar-refractivity contribution in [1.82, 2.24) is 0 Å². The van der Waals surface area contributed by atoms with Gasteiger partial charge in [-0.15, -0.1) is 0 Å².